The van der Waals surface area contributed by atoms with Crippen LogP contribution < -0.4 is 10.1 Å². The van der Waals surface area contributed by atoms with E-state index in [9.17, 15) is 22.0 Å². The number of aryl methyl sites for hydroxylation is 1. The van der Waals surface area contributed by atoms with Gasteiger partial charge < -0.3 is 10.1 Å². The van der Waals surface area contributed by atoms with Gasteiger partial charge in [0.1, 0.15) is 11.6 Å². The van der Waals surface area contributed by atoms with Gasteiger partial charge in [0, 0.05) is 28.4 Å². The Labute approximate surface area is 172 Å². The van der Waals surface area contributed by atoms with Crippen molar-refractivity contribution in [2.45, 2.75) is 32.9 Å². The lowest BCUT2D eigenvalue weighted by molar-refractivity contribution is -0.0502. The van der Waals surface area contributed by atoms with Gasteiger partial charge in [-0.25, -0.2) is 13.2 Å². The van der Waals surface area contributed by atoms with Crippen LogP contribution in [-0.2, 0) is 0 Å². The van der Waals surface area contributed by atoms with Crippen LogP contribution >= 0.6 is 15.9 Å². The van der Waals surface area contributed by atoms with E-state index in [-0.39, 0.29) is 15.8 Å². The third kappa shape index (κ3) is 4.60. The lowest BCUT2D eigenvalue weighted by Crippen LogP contribution is -2.11. The summed E-state index contributed by atoms with van der Waals surface area (Å²) in [5, 5.41) is 3.67. The number of ether oxygens (including phenoxy) is 1. The van der Waals surface area contributed by atoms with Crippen molar-refractivity contribution in [2.75, 3.05) is 5.32 Å². The molecule has 0 aliphatic carbocycles. The zero-order chi connectivity index (χ0) is 21.3. The molecule has 0 aliphatic rings. The number of aromatic nitrogens is 1. The summed E-state index contributed by atoms with van der Waals surface area (Å²) in [4.78, 5) is 4.32. The molecule has 154 valence electrons. The average Bonchev–Trinajstić information content (AvgIpc) is 2.62. The smallest absolute Gasteiger partial charge is 0.387 e. The van der Waals surface area contributed by atoms with Crippen molar-refractivity contribution in [3.63, 3.8) is 0 Å². The van der Waals surface area contributed by atoms with Gasteiger partial charge in [-0.3, -0.25) is 4.98 Å². The Morgan fingerprint density at radius 2 is 1.76 bits per heavy atom. The highest BCUT2D eigenvalue weighted by molar-refractivity contribution is 9.10. The molecular formula is C20H16BrF5N2O. The zero-order valence-corrected chi connectivity index (χ0v) is 16.9. The number of fused-ring (bicyclic) bond motifs is 1. The number of hydrogen-bond acceptors (Lipinski definition) is 3. The number of anilines is 1. The lowest BCUT2D eigenvalue weighted by Gasteiger charge is -2.20. The molecule has 0 aliphatic heterocycles. The maximum Gasteiger partial charge on any atom is 0.387 e. The molecule has 1 heterocycles. The molecule has 2 aromatic carbocycles. The second-order valence-electron chi connectivity index (χ2n) is 6.41. The Bertz CT molecular complexity index is 1050. The van der Waals surface area contributed by atoms with E-state index in [1.807, 2.05) is 0 Å². The molecule has 0 unspecified atom stereocenters. The highest BCUT2D eigenvalue weighted by atomic mass is 79.9. The Balaban J connectivity index is 2.02. The topological polar surface area (TPSA) is 34.1 Å². The molecule has 1 atom stereocenters. The number of benzene rings is 2. The number of nitrogens with zero attached hydrogens (tertiary/aromatic N) is 1. The van der Waals surface area contributed by atoms with Crippen molar-refractivity contribution in [1.82, 2.24) is 4.98 Å². The van der Waals surface area contributed by atoms with Gasteiger partial charge in [-0.05, 0) is 41.9 Å². The maximum absolute atomic E-state index is 14.5. The van der Waals surface area contributed by atoms with Crippen LogP contribution in [0.5, 0.6) is 5.75 Å². The van der Waals surface area contributed by atoms with Crippen molar-refractivity contribution >= 4 is 32.5 Å². The first-order chi connectivity index (χ1) is 13.7. The fourth-order valence-corrected chi connectivity index (χ4v) is 3.48. The van der Waals surface area contributed by atoms with Gasteiger partial charge in [0.15, 0.2) is 0 Å². The first-order valence-electron chi connectivity index (χ1n) is 8.56. The number of alkyl halides is 4. The third-order valence-corrected chi connectivity index (χ3v) is 4.96. The Kier molecular flexibility index (Phi) is 6.26. The van der Waals surface area contributed by atoms with Crippen molar-refractivity contribution in [3.8, 4) is 5.75 Å². The SMILES string of the molecule is Cc1cc(N[C@H](C)c2cccc(C(F)F)c2F)c2cc(Br)c(OC(F)F)cc2n1. The minimum atomic E-state index is -2.99. The van der Waals surface area contributed by atoms with Crippen molar-refractivity contribution in [1.29, 1.82) is 0 Å². The molecule has 0 fully saturated rings. The summed E-state index contributed by atoms with van der Waals surface area (Å²) in [5.74, 6) is -1.04. The summed E-state index contributed by atoms with van der Waals surface area (Å²) in [6.45, 7) is 0.359. The normalized spacial score (nSPS) is 12.6. The second-order valence-corrected chi connectivity index (χ2v) is 7.26. The summed E-state index contributed by atoms with van der Waals surface area (Å²) >= 11 is 3.19. The van der Waals surface area contributed by atoms with Crippen molar-refractivity contribution < 1.29 is 26.7 Å². The molecule has 1 N–H and O–H groups in total. The number of nitrogens with one attached hydrogen (secondary N) is 1. The Morgan fingerprint density at radius 1 is 1.07 bits per heavy atom. The highest BCUT2D eigenvalue weighted by Crippen LogP contribution is 2.36. The van der Waals surface area contributed by atoms with Gasteiger partial charge >= 0.3 is 6.61 Å². The molecule has 0 amide bonds. The molecule has 9 heteroatoms. The molecular weight excluding hydrogens is 459 g/mol. The predicted octanol–water partition coefficient (Wildman–Crippen LogP) is 7.16. The van der Waals surface area contributed by atoms with Crippen LogP contribution in [0, 0.1) is 12.7 Å². The van der Waals surface area contributed by atoms with Gasteiger partial charge in [0.05, 0.1) is 21.6 Å². The van der Waals surface area contributed by atoms with Gasteiger partial charge in [-0.15, -0.1) is 0 Å². The summed E-state index contributed by atoms with van der Waals surface area (Å²) < 4.78 is 70.4. The minimum absolute atomic E-state index is 0.0692. The predicted molar refractivity (Wildman–Crippen MR) is 104 cm³/mol. The lowest BCUT2D eigenvalue weighted by atomic mass is 10.0. The number of hydrogen-bond donors (Lipinski definition) is 1. The van der Waals surface area contributed by atoms with E-state index in [0.29, 0.717) is 22.3 Å². The number of pyridine rings is 1. The molecule has 0 saturated carbocycles. The van der Waals surface area contributed by atoms with Crippen LogP contribution in [0.2, 0.25) is 0 Å². The Morgan fingerprint density at radius 3 is 2.41 bits per heavy atom. The van der Waals surface area contributed by atoms with Gasteiger partial charge in [0.2, 0.25) is 0 Å². The highest BCUT2D eigenvalue weighted by Gasteiger charge is 2.20. The molecule has 0 bridgehead atoms. The van der Waals surface area contributed by atoms with E-state index in [2.05, 4.69) is 31.0 Å². The second kappa shape index (κ2) is 8.52. The van der Waals surface area contributed by atoms with Crippen LogP contribution in [0.15, 0.2) is 40.9 Å². The van der Waals surface area contributed by atoms with Gasteiger partial charge in [-0.2, -0.15) is 8.78 Å². The molecule has 1 aromatic heterocycles. The fraction of sp³-hybridized carbons (Fsp3) is 0.250. The van der Waals surface area contributed by atoms with Gasteiger partial charge in [0.25, 0.3) is 6.43 Å². The quantitative estimate of drug-likeness (QED) is 0.385. The maximum atomic E-state index is 14.5. The number of halogens is 6. The fourth-order valence-electron chi connectivity index (χ4n) is 3.05. The molecule has 0 spiro atoms. The largest absolute Gasteiger partial charge is 0.434 e. The van der Waals surface area contributed by atoms with E-state index in [1.54, 1.807) is 26.0 Å². The average molecular weight is 475 g/mol. The molecule has 29 heavy (non-hydrogen) atoms. The van der Waals surface area contributed by atoms with Crippen LogP contribution in [0.3, 0.4) is 0 Å². The Hall–Kier alpha value is -2.42. The van der Waals surface area contributed by atoms with E-state index < -0.39 is 30.5 Å². The molecule has 0 saturated heterocycles. The zero-order valence-electron chi connectivity index (χ0n) is 15.3. The van der Waals surface area contributed by atoms with E-state index in [4.69, 9.17) is 0 Å². The van der Waals surface area contributed by atoms with E-state index in [1.165, 1.54) is 18.2 Å². The summed E-state index contributed by atoms with van der Waals surface area (Å²) in [6, 6.07) is 7.83. The van der Waals surface area contributed by atoms with Crippen molar-refractivity contribution in [3.05, 3.63) is 63.5 Å². The van der Waals surface area contributed by atoms with E-state index >= 15 is 0 Å². The summed E-state index contributed by atoms with van der Waals surface area (Å²) in [5.41, 5.74) is 0.941. The van der Waals surface area contributed by atoms with Gasteiger partial charge in [-0.1, -0.05) is 18.2 Å². The van der Waals surface area contributed by atoms with Crippen molar-refractivity contribution in [2.24, 2.45) is 0 Å². The van der Waals surface area contributed by atoms with E-state index in [0.717, 1.165) is 6.07 Å². The van der Waals surface area contributed by atoms with Crippen LogP contribution in [-0.4, -0.2) is 11.6 Å². The summed E-state index contributed by atoms with van der Waals surface area (Å²) in [6.07, 6.45) is -2.92. The van der Waals surface area contributed by atoms with Crippen LogP contribution in [0.1, 0.15) is 36.2 Å². The first kappa shape index (κ1) is 21.3. The molecule has 3 aromatic rings. The standard InChI is InChI=1S/C20H16BrF5N2O/c1-9-6-15(13-7-14(21)17(29-20(25)26)8-16(13)27-9)28-10(2)11-4-3-5-12(18(11)22)19(23)24/h3-8,10,19-20H,1-2H3,(H,27,28)/t10-/m1/s1. The van der Waals surface area contributed by atoms with Crippen LogP contribution in [0.25, 0.3) is 10.9 Å². The first-order valence-corrected chi connectivity index (χ1v) is 9.35. The molecule has 0 radical (unpaired) electrons. The summed E-state index contributed by atoms with van der Waals surface area (Å²) in [7, 11) is 0. The minimum Gasteiger partial charge on any atom is -0.434 e. The number of rotatable bonds is 6. The molecule has 3 nitrogen and oxygen atoms in total. The monoisotopic (exact) mass is 474 g/mol. The van der Waals surface area contributed by atoms with Crippen LogP contribution in [0.4, 0.5) is 27.6 Å². The molecule has 3 rings (SSSR count). The third-order valence-electron chi connectivity index (χ3n) is 4.34.